The Hall–Kier alpha value is -8.60. The number of guanidine groups is 2. The van der Waals surface area contributed by atoms with Gasteiger partial charge in [0.2, 0.25) is 47.3 Å². The molecule has 408 valence electrons. The van der Waals surface area contributed by atoms with Crippen LogP contribution in [-0.2, 0) is 56.0 Å². The summed E-state index contributed by atoms with van der Waals surface area (Å²) in [5, 5.41) is 23.6. The summed E-state index contributed by atoms with van der Waals surface area (Å²) in [6.07, 6.45) is 0.553. The van der Waals surface area contributed by atoms with Gasteiger partial charge in [-0.1, -0.05) is 30.3 Å². The summed E-state index contributed by atoms with van der Waals surface area (Å²) in [7, 11) is 0. The molecule has 0 spiro atoms. The number of imide groups is 1. The predicted molar refractivity (Wildman–Crippen MR) is 279 cm³/mol. The monoisotopic (exact) mass is 1050 g/mol. The van der Waals surface area contributed by atoms with Gasteiger partial charge in [0.1, 0.15) is 42.3 Å². The zero-order valence-electron chi connectivity index (χ0n) is 42.4. The van der Waals surface area contributed by atoms with Crippen molar-refractivity contribution in [2.24, 2.45) is 44.4 Å². The first kappa shape index (κ1) is 58.3. The molecule has 2 aliphatic rings. The topological polar surface area (TPSA) is 441 Å². The number of nitrogens with two attached hydrogens (primary N) is 6. The normalized spacial score (nSPS) is 20.6. The highest BCUT2D eigenvalue weighted by molar-refractivity contribution is 6.05. The number of amides is 9. The number of hydrogen-bond donors (Lipinski definition) is 12. The van der Waals surface area contributed by atoms with Gasteiger partial charge in [-0.3, -0.25) is 58.0 Å². The third-order valence-corrected chi connectivity index (χ3v) is 13.0. The van der Waals surface area contributed by atoms with Crippen LogP contribution in [0.1, 0.15) is 87.8 Å². The second-order valence-corrected chi connectivity index (χ2v) is 18.7. The van der Waals surface area contributed by atoms with Crippen LogP contribution in [0.2, 0.25) is 0 Å². The average molecular weight is 1050 g/mol. The number of carbonyl (C=O) groups excluding carboxylic acids is 9. The Morgan fingerprint density at radius 3 is 2.11 bits per heavy atom. The van der Waals surface area contributed by atoms with Crippen LogP contribution in [0, 0.1) is 11.3 Å². The van der Waals surface area contributed by atoms with Crippen LogP contribution in [0.4, 0.5) is 0 Å². The van der Waals surface area contributed by atoms with Gasteiger partial charge in [0.05, 0.1) is 11.6 Å². The summed E-state index contributed by atoms with van der Waals surface area (Å²) in [4.78, 5) is 142. The number of primary amides is 1. The molecule has 1 aromatic heterocycles. The van der Waals surface area contributed by atoms with Gasteiger partial charge >= 0.3 is 0 Å². The maximum absolute atomic E-state index is 15.4. The largest absolute Gasteiger partial charge is 0.370 e. The Labute approximate surface area is 438 Å². The van der Waals surface area contributed by atoms with Crippen molar-refractivity contribution < 1.29 is 43.2 Å². The minimum Gasteiger partial charge on any atom is -0.370 e. The molecule has 5 rings (SSSR count). The zero-order valence-corrected chi connectivity index (χ0v) is 42.4. The number of rotatable bonds is 20. The molecule has 2 fully saturated rings. The number of carbonyl (C=O) groups is 9. The lowest BCUT2D eigenvalue weighted by Gasteiger charge is -2.34. The lowest BCUT2D eigenvalue weighted by molar-refractivity contribution is -0.154. The Bertz CT molecular complexity index is 2690. The van der Waals surface area contributed by atoms with Gasteiger partial charge in [0.25, 0.3) is 5.91 Å². The highest BCUT2D eigenvalue weighted by Crippen LogP contribution is 2.24. The molecule has 0 bridgehead atoms. The molecule has 7 atom stereocenters. The van der Waals surface area contributed by atoms with E-state index < -0.39 is 108 Å². The van der Waals surface area contributed by atoms with Gasteiger partial charge < -0.3 is 70.9 Å². The molecular weight excluding hydrogens is 983 g/mol. The standard InChI is InChI=1S/C50H69N17O9/c1-28(68)61-34(10-5-21-58-49(54)55)43(71)63-36-18-19-41(69)67(39(42(53)70)12-4-20-51)48(76)38(25-31-27-60-33-9-3-2-8-32(31)33)65-44(72)35(11-6-22-59-50(56)57)62-45(73)37(24-29-14-16-30(26-52)17-15-29)64-46(74)40-13-7-23-66(40)47(36)75/h2-3,8-9,14-17,27,34-40,60H,4-7,10-13,18-25,51H2,1H3,(H2,53,70)(H,61,68)(H,62,73)(H,63,71)(H,64,74)(H,65,72)(H4,54,55,58)(H4,56,57,59)/t34-,35-,36-,37+,38-,39-,40-/m0/s1. The Morgan fingerprint density at radius 1 is 0.789 bits per heavy atom. The van der Waals surface area contributed by atoms with Gasteiger partial charge in [-0.2, -0.15) is 5.26 Å². The van der Waals surface area contributed by atoms with E-state index in [4.69, 9.17) is 34.4 Å². The quantitative estimate of drug-likeness (QED) is 0.0234. The molecule has 0 aliphatic carbocycles. The molecule has 0 unspecified atom stereocenters. The number of hydrogen-bond acceptors (Lipinski definition) is 13. The number of aliphatic imine (C=N–C) groups is 2. The zero-order chi connectivity index (χ0) is 55.5. The fourth-order valence-corrected chi connectivity index (χ4v) is 9.23. The minimum atomic E-state index is -1.64. The number of fused-ring (bicyclic) bond motifs is 2. The molecule has 3 aromatic rings. The van der Waals surface area contributed by atoms with Crippen LogP contribution in [0.3, 0.4) is 0 Å². The summed E-state index contributed by atoms with van der Waals surface area (Å²) in [5.74, 6) is -8.33. The molecule has 2 saturated heterocycles. The van der Waals surface area contributed by atoms with Gasteiger partial charge in [0.15, 0.2) is 11.9 Å². The van der Waals surface area contributed by atoms with E-state index in [1.54, 1.807) is 42.6 Å². The van der Waals surface area contributed by atoms with Crippen molar-refractivity contribution >= 4 is 76.0 Å². The lowest BCUT2D eigenvalue weighted by Crippen LogP contribution is -2.62. The van der Waals surface area contributed by atoms with Crippen LogP contribution >= 0.6 is 0 Å². The van der Waals surface area contributed by atoms with E-state index in [0.717, 1.165) is 0 Å². The number of nitrogens with one attached hydrogen (secondary N) is 6. The maximum atomic E-state index is 15.4. The third-order valence-electron chi connectivity index (χ3n) is 13.0. The minimum absolute atomic E-state index is 0.00162. The molecule has 18 N–H and O–H groups in total. The fraction of sp³-hybridized carbons (Fsp3) is 0.480. The van der Waals surface area contributed by atoms with E-state index in [9.17, 15) is 43.6 Å². The summed E-state index contributed by atoms with van der Waals surface area (Å²) >= 11 is 0. The molecule has 9 amide bonds. The Kier molecular flexibility index (Phi) is 21.6. The maximum Gasteiger partial charge on any atom is 0.252 e. The van der Waals surface area contributed by atoms with Crippen LogP contribution in [0.15, 0.2) is 64.7 Å². The van der Waals surface area contributed by atoms with Crippen molar-refractivity contribution in [1.82, 2.24) is 41.4 Å². The SMILES string of the molecule is CC(=O)N[C@@H](CCCN=C(N)N)C(=O)N[C@H]1CCC(=O)N([C@@H](CCCN)C(N)=O)C(=O)[C@H](Cc2c[nH]c3ccccc23)NC(=O)[C@H](CCCN=C(N)N)NC(=O)[C@@H](Cc2ccc(C#N)cc2)NC(=O)[C@@H]2CCCN2C1=O. The number of benzene rings is 2. The number of H-pyrrole nitrogens is 1. The van der Waals surface area contributed by atoms with E-state index in [1.165, 1.54) is 24.0 Å². The van der Waals surface area contributed by atoms with Gasteiger partial charge in [-0.05, 0) is 93.7 Å². The van der Waals surface area contributed by atoms with Crippen molar-refractivity contribution in [2.45, 2.75) is 126 Å². The smallest absolute Gasteiger partial charge is 0.252 e. The summed E-state index contributed by atoms with van der Waals surface area (Å²) in [5.41, 5.74) is 36.0. The lowest BCUT2D eigenvalue weighted by atomic mass is 9.99. The van der Waals surface area contributed by atoms with E-state index >= 15 is 4.79 Å². The summed E-state index contributed by atoms with van der Waals surface area (Å²) in [6, 6.07) is 5.23. The number of para-hydroxylation sites is 1. The van der Waals surface area contributed by atoms with Gasteiger partial charge in [0, 0.05) is 62.9 Å². The Balaban J connectivity index is 1.67. The molecular formula is C50H69N17O9. The third kappa shape index (κ3) is 16.5. The molecule has 0 saturated carbocycles. The van der Waals surface area contributed by atoms with Crippen molar-refractivity contribution in [3.05, 3.63) is 71.4 Å². The van der Waals surface area contributed by atoms with Crippen LogP contribution in [0.5, 0.6) is 0 Å². The first-order valence-electron chi connectivity index (χ1n) is 25.1. The first-order chi connectivity index (χ1) is 36.3. The van der Waals surface area contributed by atoms with Crippen molar-refractivity contribution in [2.75, 3.05) is 26.2 Å². The van der Waals surface area contributed by atoms with Gasteiger partial charge in [-0.15, -0.1) is 0 Å². The number of aromatic amines is 1. The van der Waals surface area contributed by atoms with Crippen LogP contribution in [0.25, 0.3) is 10.9 Å². The van der Waals surface area contributed by atoms with E-state index in [0.29, 0.717) is 38.9 Å². The Morgan fingerprint density at radius 2 is 1.45 bits per heavy atom. The highest BCUT2D eigenvalue weighted by atomic mass is 16.2. The second kappa shape index (κ2) is 28.2. The van der Waals surface area contributed by atoms with Crippen LogP contribution in [-0.4, -0.2) is 148 Å². The van der Waals surface area contributed by atoms with Crippen molar-refractivity contribution in [3.8, 4) is 6.07 Å². The van der Waals surface area contributed by atoms with E-state index in [1.807, 2.05) is 6.07 Å². The molecule has 26 nitrogen and oxygen atoms in total. The fourth-order valence-electron chi connectivity index (χ4n) is 9.23. The molecule has 3 heterocycles. The number of nitriles is 1. The predicted octanol–water partition coefficient (Wildman–Crippen LogP) is -2.89. The van der Waals surface area contributed by atoms with Gasteiger partial charge in [-0.25, -0.2) is 0 Å². The average Bonchev–Trinajstić information content (AvgIpc) is 4.05. The number of nitrogens with zero attached hydrogens (tertiary/aromatic N) is 5. The van der Waals surface area contributed by atoms with E-state index in [-0.39, 0.29) is 95.9 Å². The molecule has 26 heteroatoms. The summed E-state index contributed by atoms with van der Waals surface area (Å²) in [6.45, 7) is 1.33. The second-order valence-electron chi connectivity index (χ2n) is 18.7. The molecule has 0 radical (unpaired) electrons. The van der Waals surface area contributed by atoms with Crippen LogP contribution < -0.4 is 61.0 Å². The first-order valence-corrected chi connectivity index (χ1v) is 25.1. The molecule has 2 aromatic carbocycles. The molecule has 76 heavy (non-hydrogen) atoms. The number of aromatic nitrogens is 1. The van der Waals surface area contributed by atoms with Crippen molar-refractivity contribution in [1.29, 1.82) is 5.26 Å². The van der Waals surface area contributed by atoms with E-state index in [2.05, 4.69) is 41.6 Å². The van der Waals surface area contributed by atoms with Crippen molar-refractivity contribution in [3.63, 3.8) is 0 Å². The molecule has 2 aliphatic heterocycles. The summed E-state index contributed by atoms with van der Waals surface area (Å²) < 4.78 is 0. The highest BCUT2D eigenvalue weighted by Gasteiger charge is 2.43.